The van der Waals surface area contributed by atoms with E-state index < -0.39 is 11.6 Å². The number of nitrogens with zero attached hydrogens (tertiary/aromatic N) is 2. The summed E-state index contributed by atoms with van der Waals surface area (Å²) in [6, 6.07) is 3.41. The van der Waals surface area contributed by atoms with Gasteiger partial charge >= 0.3 is 0 Å². The van der Waals surface area contributed by atoms with Gasteiger partial charge in [0, 0.05) is 24.7 Å². The fraction of sp³-hybridized carbons (Fsp3) is 0.333. The van der Waals surface area contributed by atoms with Crippen LogP contribution in [0.15, 0.2) is 28.9 Å². The van der Waals surface area contributed by atoms with Crippen LogP contribution < -0.4 is 5.73 Å². The van der Waals surface area contributed by atoms with Crippen molar-refractivity contribution in [3.8, 4) is 11.5 Å². The predicted molar refractivity (Wildman–Crippen MR) is 89.2 cm³/mol. The van der Waals surface area contributed by atoms with E-state index in [2.05, 4.69) is 4.98 Å². The minimum atomic E-state index is -0.973. The number of amides is 1. The van der Waals surface area contributed by atoms with Crippen LogP contribution in [0.3, 0.4) is 0 Å². The van der Waals surface area contributed by atoms with Crippen LogP contribution in [0.1, 0.15) is 12.1 Å². The highest BCUT2D eigenvalue weighted by molar-refractivity contribution is 5.85. The molecule has 9 heteroatoms. The molecule has 1 amide bonds. The van der Waals surface area contributed by atoms with Crippen LogP contribution in [0.25, 0.3) is 11.5 Å². The molecule has 24 heavy (non-hydrogen) atoms. The molecule has 1 aliphatic heterocycles. The number of hydrogen-bond acceptors (Lipinski definition) is 4. The topological polar surface area (TPSA) is 72.4 Å². The number of oxazole rings is 1. The lowest BCUT2D eigenvalue weighted by Gasteiger charge is -2.14. The van der Waals surface area contributed by atoms with Gasteiger partial charge in [-0.25, -0.2) is 13.8 Å². The third-order valence-corrected chi connectivity index (χ3v) is 3.63. The summed E-state index contributed by atoms with van der Waals surface area (Å²) in [6.07, 6.45) is 2.25. The summed E-state index contributed by atoms with van der Waals surface area (Å²) >= 11 is 0. The number of carbonyl (C=O) groups is 1. The zero-order valence-electron chi connectivity index (χ0n) is 12.6. The van der Waals surface area contributed by atoms with Crippen molar-refractivity contribution in [3.63, 3.8) is 0 Å². The minimum Gasteiger partial charge on any atom is -0.444 e. The summed E-state index contributed by atoms with van der Waals surface area (Å²) < 4.78 is 31.3. The van der Waals surface area contributed by atoms with E-state index in [1.54, 1.807) is 4.90 Å². The van der Waals surface area contributed by atoms with Crippen LogP contribution in [-0.2, 0) is 11.2 Å². The number of carbonyl (C=O) groups excluding carboxylic acids is 1. The van der Waals surface area contributed by atoms with Crippen molar-refractivity contribution >= 4 is 30.7 Å². The third kappa shape index (κ3) is 4.43. The average molecular weight is 380 g/mol. The van der Waals surface area contributed by atoms with Gasteiger partial charge in [-0.3, -0.25) is 4.79 Å². The zero-order chi connectivity index (χ0) is 15.7. The van der Waals surface area contributed by atoms with E-state index in [0.29, 0.717) is 24.3 Å². The summed E-state index contributed by atoms with van der Waals surface area (Å²) in [4.78, 5) is 17.9. The monoisotopic (exact) mass is 379 g/mol. The highest BCUT2D eigenvalue weighted by atomic mass is 35.5. The first-order valence-corrected chi connectivity index (χ1v) is 6.96. The smallest absolute Gasteiger partial charge is 0.228 e. The van der Waals surface area contributed by atoms with Gasteiger partial charge in [-0.1, -0.05) is 0 Å². The Labute approximate surface area is 150 Å². The molecule has 0 radical (unpaired) electrons. The van der Waals surface area contributed by atoms with Crippen molar-refractivity contribution in [2.75, 3.05) is 13.1 Å². The van der Waals surface area contributed by atoms with Gasteiger partial charge in [0.2, 0.25) is 11.8 Å². The van der Waals surface area contributed by atoms with Gasteiger partial charge in [-0.05, 0) is 24.6 Å². The molecule has 2 N–H and O–H groups in total. The molecular formula is C15H17Cl2F2N3O2. The first kappa shape index (κ1) is 20.3. The normalized spacial score (nSPS) is 16.5. The molecule has 1 aromatic heterocycles. The molecule has 1 saturated heterocycles. The van der Waals surface area contributed by atoms with Crippen LogP contribution >= 0.6 is 24.8 Å². The van der Waals surface area contributed by atoms with Gasteiger partial charge in [0.05, 0.1) is 12.1 Å². The van der Waals surface area contributed by atoms with E-state index in [1.807, 2.05) is 0 Å². The van der Waals surface area contributed by atoms with Crippen LogP contribution in [0.4, 0.5) is 8.78 Å². The molecule has 1 fully saturated rings. The van der Waals surface area contributed by atoms with Gasteiger partial charge in [0.1, 0.15) is 6.26 Å². The zero-order valence-corrected chi connectivity index (χ0v) is 14.2. The second-order valence-corrected chi connectivity index (χ2v) is 5.34. The van der Waals surface area contributed by atoms with Crippen molar-refractivity contribution in [2.24, 2.45) is 5.73 Å². The van der Waals surface area contributed by atoms with Gasteiger partial charge in [0.25, 0.3) is 0 Å². The Balaban J connectivity index is 0.00000144. The number of likely N-dealkylation sites (tertiary alicyclic amines) is 1. The van der Waals surface area contributed by atoms with E-state index in [9.17, 15) is 13.6 Å². The summed E-state index contributed by atoms with van der Waals surface area (Å²) in [5, 5.41) is 0. The molecule has 0 spiro atoms. The number of nitrogens with two attached hydrogens (primary N) is 1. The predicted octanol–water partition coefficient (Wildman–Crippen LogP) is 2.57. The maximum absolute atomic E-state index is 13.2. The molecule has 0 bridgehead atoms. The summed E-state index contributed by atoms with van der Waals surface area (Å²) in [6.45, 7) is 1.20. The molecule has 0 aliphatic carbocycles. The van der Waals surface area contributed by atoms with Crippen LogP contribution in [0.2, 0.25) is 0 Å². The summed E-state index contributed by atoms with van der Waals surface area (Å²) in [5.41, 5.74) is 6.54. The van der Waals surface area contributed by atoms with E-state index in [4.69, 9.17) is 10.2 Å². The Morgan fingerprint density at radius 2 is 2.08 bits per heavy atom. The Hall–Kier alpha value is -1.70. The number of hydrogen-bond donors (Lipinski definition) is 1. The second-order valence-electron chi connectivity index (χ2n) is 5.34. The summed E-state index contributed by atoms with van der Waals surface area (Å²) in [7, 11) is 0. The van der Waals surface area contributed by atoms with E-state index in [1.165, 1.54) is 12.3 Å². The Morgan fingerprint density at radius 1 is 1.33 bits per heavy atom. The highest BCUT2D eigenvalue weighted by Crippen LogP contribution is 2.21. The van der Waals surface area contributed by atoms with Crippen molar-refractivity contribution in [1.29, 1.82) is 0 Å². The van der Waals surface area contributed by atoms with Gasteiger partial charge < -0.3 is 15.1 Å². The molecule has 1 aliphatic rings. The van der Waals surface area contributed by atoms with Crippen molar-refractivity contribution in [1.82, 2.24) is 9.88 Å². The number of benzene rings is 1. The lowest BCUT2D eigenvalue weighted by Crippen LogP contribution is -2.32. The fourth-order valence-electron chi connectivity index (χ4n) is 2.43. The maximum Gasteiger partial charge on any atom is 0.228 e. The Bertz CT molecular complexity index is 712. The molecule has 132 valence electrons. The highest BCUT2D eigenvalue weighted by Gasteiger charge is 2.24. The average Bonchev–Trinajstić information content (AvgIpc) is 3.11. The van der Waals surface area contributed by atoms with E-state index in [0.717, 1.165) is 18.6 Å². The number of aromatic nitrogens is 1. The molecule has 5 nitrogen and oxygen atoms in total. The summed E-state index contributed by atoms with van der Waals surface area (Å²) in [5.74, 6) is -1.83. The fourth-order valence-corrected chi connectivity index (χ4v) is 2.43. The molecule has 0 unspecified atom stereocenters. The van der Waals surface area contributed by atoms with Crippen LogP contribution in [0.5, 0.6) is 0 Å². The van der Waals surface area contributed by atoms with E-state index >= 15 is 0 Å². The lowest BCUT2D eigenvalue weighted by molar-refractivity contribution is -0.129. The third-order valence-electron chi connectivity index (χ3n) is 3.63. The largest absolute Gasteiger partial charge is 0.444 e. The Morgan fingerprint density at radius 3 is 2.71 bits per heavy atom. The van der Waals surface area contributed by atoms with Crippen LogP contribution in [0, 0.1) is 11.6 Å². The van der Waals surface area contributed by atoms with E-state index in [-0.39, 0.29) is 49.1 Å². The molecule has 2 heterocycles. The SMILES string of the molecule is Cl.Cl.N[C@@H]1CCN(C(=O)Cc2coc(-c3ccc(F)c(F)c3)n2)C1. The Kier molecular flexibility index (Phi) is 7.13. The molecule has 1 aromatic carbocycles. The first-order valence-electron chi connectivity index (χ1n) is 6.96. The van der Waals surface area contributed by atoms with Gasteiger partial charge in [0.15, 0.2) is 11.6 Å². The maximum atomic E-state index is 13.2. The van der Waals surface area contributed by atoms with Crippen LogP contribution in [-0.4, -0.2) is 34.9 Å². The van der Waals surface area contributed by atoms with Gasteiger partial charge in [-0.2, -0.15) is 0 Å². The number of rotatable bonds is 3. The number of halogens is 4. The first-order chi connectivity index (χ1) is 10.5. The lowest BCUT2D eigenvalue weighted by atomic mass is 10.2. The standard InChI is InChI=1S/C15H15F2N3O2.2ClH/c16-12-2-1-9(5-13(12)17)15-19-11(8-22-15)6-14(21)20-4-3-10(18)7-20;;/h1-2,5,8,10H,3-4,6-7,18H2;2*1H/t10-;;/m1../s1. The van der Waals surface area contributed by atoms with Crippen molar-refractivity contribution < 1.29 is 18.0 Å². The second kappa shape index (κ2) is 8.41. The minimum absolute atomic E-state index is 0. The molecule has 0 saturated carbocycles. The molecular weight excluding hydrogens is 363 g/mol. The molecule has 2 aromatic rings. The molecule has 3 rings (SSSR count). The molecule has 1 atom stereocenters. The van der Waals surface area contributed by atoms with Crippen molar-refractivity contribution in [2.45, 2.75) is 18.9 Å². The van der Waals surface area contributed by atoms with Crippen molar-refractivity contribution in [3.05, 3.63) is 41.8 Å². The van der Waals surface area contributed by atoms with Gasteiger partial charge in [-0.15, -0.1) is 24.8 Å². The quantitative estimate of drug-likeness (QED) is 0.889.